The average molecular weight is 378 g/mol. The number of benzene rings is 2. The van der Waals surface area contributed by atoms with Crippen LogP contribution in [0.15, 0.2) is 73.2 Å². The zero-order valence-corrected chi connectivity index (χ0v) is 15.7. The number of amides is 1. The highest BCUT2D eigenvalue weighted by atomic mass is 16.3. The Kier molecular flexibility index (Phi) is 6.94. The second-order valence-corrected chi connectivity index (χ2v) is 6.92. The Bertz CT molecular complexity index is 865. The van der Waals surface area contributed by atoms with Crippen LogP contribution in [0.3, 0.4) is 0 Å². The number of aliphatic hydroxyl groups excluding tert-OH is 1. The highest BCUT2D eigenvalue weighted by Gasteiger charge is 2.17. The minimum atomic E-state index is -0.705. The quantitative estimate of drug-likeness (QED) is 0.526. The van der Waals surface area contributed by atoms with Crippen LogP contribution in [-0.2, 0) is 24.2 Å². The van der Waals surface area contributed by atoms with Gasteiger partial charge in [0.25, 0.3) is 0 Å². The fourth-order valence-electron chi connectivity index (χ4n) is 3.02. The number of aromatic nitrogens is 2. The molecule has 146 valence electrons. The van der Waals surface area contributed by atoms with Gasteiger partial charge >= 0.3 is 0 Å². The number of nitrogens with one attached hydrogen (secondary N) is 1. The Labute approximate surface area is 165 Å². The summed E-state index contributed by atoms with van der Waals surface area (Å²) >= 11 is 0. The smallest absolute Gasteiger partial charge is 0.237 e. The van der Waals surface area contributed by atoms with Gasteiger partial charge in [-0.2, -0.15) is 0 Å². The maximum Gasteiger partial charge on any atom is 0.237 e. The Morgan fingerprint density at radius 3 is 2.36 bits per heavy atom. The van der Waals surface area contributed by atoms with Crippen molar-refractivity contribution in [1.82, 2.24) is 14.9 Å². The summed E-state index contributed by atoms with van der Waals surface area (Å²) in [5.74, 6) is -0.287. The molecule has 6 heteroatoms. The van der Waals surface area contributed by atoms with E-state index in [0.29, 0.717) is 12.8 Å². The van der Waals surface area contributed by atoms with E-state index in [2.05, 4.69) is 22.4 Å². The van der Waals surface area contributed by atoms with Crippen molar-refractivity contribution in [3.8, 4) is 0 Å². The standard InChI is InChI=1S/C22H26N4O2/c23-21(22(28)24-13-20(27)11-17-7-3-1-4-8-17)12-19-15-26(16-25-19)14-18-9-5-2-6-10-18/h1-10,15-16,20-21,27H,11-14,23H2,(H,24,28)/t20?,21-/m0/s1. The van der Waals surface area contributed by atoms with E-state index in [4.69, 9.17) is 5.73 Å². The third kappa shape index (κ3) is 6.04. The van der Waals surface area contributed by atoms with Crippen LogP contribution < -0.4 is 11.1 Å². The molecule has 28 heavy (non-hydrogen) atoms. The number of aliphatic hydroxyl groups is 1. The van der Waals surface area contributed by atoms with Crippen LogP contribution in [0.25, 0.3) is 0 Å². The van der Waals surface area contributed by atoms with Crippen molar-refractivity contribution in [2.75, 3.05) is 6.54 Å². The van der Waals surface area contributed by atoms with Gasteiger partial charge < -0.3 is 20.7 Å². The summed E-state index contributed by atoms with van der Waals surface area (Å²) in [6, 6.07) is 19.1. The van der Waals surface area contributed by atoms with Crippen LogP contribution in [0.5, 0.6) is 0 Å². The highest BCUT2D eigenvalue weighted by Crippen LogP contribution is 2.06. The maximum atomic E-state index is 12.2. The molecule has 1 heterocycles. The van der Waals surface area contributed by atoms with Gasteiger partial charge in [-0.25, -0.2) is 4.98 Å². The molecule has 2 atom stereocenters. The molecule has 3 aromatic rings. The van der Waals surface area contributed by atoms with Crippen molar-refractivity contribution < 1.29 is 9.90 Å². The van der Waals surface area contributed by atoms with E-state index >= 15 is 0 Å². The van der Waals surface area contributed by atoms with Crippen molar-refractivity contribution in [1.29, 1.82) is 0 Å². The van der Waals surface area contributed by atoms with Crippen LogP contribution in [-0.4, -0.2) is 39.3 Å². The topological polar surface area (TPSA) is 93.2 Å². The van der Waals surface area contributed by atoms with Gasteiger partial charge in [0.1, 0.15) is 0 Å². The van der Waals surface area contributed by atoms with Crippen LogP contribution in [0, 0.1) is 0 Å². The normalized spacial score (nSPS) is 13.1. The number of nitrogens with zero attached hydrogens (tertiary/aromatic N) is 2. The second kappa shape index (κ2) is 9.82. The molecule has 0 aliphatic carbocycles. The minimum absolute atomic E-state index is 0.171. The van der Waals surface area contributed by atoms with E-state index in [-0.39, 0.29) is 12.5 Å². The van der Waals surface area contributed by atoms with Crippen molar-refractivity contribution >= 4 is 5.91 Å². The molecule has 1 amide bonds. The predicted octanol–water partition coefficient (Wildman–Crippen LogP) is 1.52. The molecule has 6 nitrogen and oxygen atoms in total. The van der Waals surface area contributed by atoms with E-state index in [0.717, 1.165) is 17.8 Å². The van der Waals surface area contributed by atoms with Crippen LogP contribution in [0.2, 0.25) is 0 Å². The first-order valence-electron chi connectivity index (χ1n) is 9.40. The second-order valence-electron chi connectivity index (χ2n) is 6.92. The Hall–Kier alpha value is -2.96. The SMILES string of the molecule is N[C@@H](Cc1cn(Cc2ccccc2)cn1)C(=O)NCC(O)Cc1ccccc1. The summed E-state index contributed by atoms with van der Waals surface area (Å²) in [6.45, 7) is 0.894. The van der Waals surface area contributed by atoms with Gasteiger partial charge in [-0.3, -0.25) is 4.79 Å². The summed E-state index contributed by atoms with van der Waals surface area (Å²) in [5, 5.41) is 12.8. The Morgan fingerprint density at radius 2 is 1.68 bits per heavy atom. The lowest BCUT2D eigenvalue weighted by molar-refractivity contribution is -0.122. The average Bonchev–Trinajstić information content (AvgIpc) is 3.14. The van der Waals surface area contributed by atoms with Crippen LogP contribution in [0.1, 0.15) is 16.8 Å². The van der Waals surface area contributed by atoms with Gasteiger partial charge in [0.15, 0.2) is 0 Å². The molecule has 3 rings (SSSR count). The highest BCUT2D eigenvalue weighted by molar-refractivity contribution is 5.81. The van der Waals surface area contributed by atoms with Crippen LogP contribution in [0.4, 0.5) is 0 Å². The van der Waals surface area contributed by atoms with Crippen LogP contribution >= 0.6 is 0 Å². The first-order chi connectivity index (χ1) is 13.6. The zero-order valence-electron chi connectivity index (χ0n) is 15.7. The van der Waals surface area contributed by atoms with Gasteiger partial charge in [-0.1, -0.05) is 60.7 Å². The molecule has 0 saturated heterocycles. The van der Waals surface area contributed by atoms with E-state index in [1.54, 1.807) is 6.33 Å². The lowest BCUT2D eigenvalue weighted by Crippen LogP contribution is -2.44. The van der Waals surface area contributed by atoms with E-state index in [1.165, 1.54) is 5.56 Å². The first-order valence-corrected chi connectivity index (χ1v) is 9.40. The number of carbonyl (C=O) groups excluding carboxylic acids is 1. The molecular weight excluding hydrogens is 352 g/mol. The minimum Gasteiger partial charge on any atom is -0.391 e. The molecule has 0 aliphatic heterocycles. The zero-order chi connectivity index (χ0) is 19.8. The summed E-state index contributed by atoms with van der Waals surface area (Å²) in [7, 11) is 0. The predicted molar refractivity (Wildman–Crippen MR) is 109 cm³/mol. The van der Waals surface area contributed by atoms with Crippen molar-refractivity contribution in [3.63, 3.8) is 0 Å². The Morgan fingerprint density at radius 1 is 1.04 bits per heavy atom. The maximum absolute atomic E-state index is 12.2. The van der Waals surface area contributed by atoms with E-state index in [1.807, 2.05) is 59.3 Å². The fraction of sp³-hybridized carbons (Fsp3) is 0.273. The largest absolute Gasteiger partial charge is 0.391 e. The molecular formula is C22H26N4O2. The molecule has 1 aromatic heterocycles. The summed E-state index contributed by atoms with van der Waals surface area (Å²) < 4.78 is 1.97. The van der Waals surface area contributed by atoms with Crippen molar-refractivity contribution in [3.05, 3.63) is 90.0 Å². The molecule has 1 unspecified atom stereocenters. The molecule has 2 aromatic carbocycles. The summed E-state index contributed by atoms with van der Waals surface area (Å²) in [6.07, 6.45) is 3.84. The number of imidazole rings is 1. The van der Waals surface area contributed by atoms with Gasteiger partial charge in [-0.15, -0.1) is 0 Å². The monoisotopic (exact) mass is 378 g/mol. The van der Waals surface area contributed by atoms with E-state index in [9.17, 15) is 9.90 Å². The number of hydrogen-bond donors (Lipinski definition) is 3. The third-order valence-corrected chi connectivity index (χ3v) is 4.49. The molecule has 4 N–H and O–H groups in total. The number of rotatable bonds is 9. The molecule has 0 fully saturated rings. The lowest BCUT2D eigenvalue weighted by Gasteiger charge is -2.15. The molecule has 0 radical (unpaired) electrons. The van der Waals surface area contributed by atoms with Gasteiger partial charge in [0.05, 0.1) is 24.2 Å². The lowest BCUT2D eigenvalue weighted by atomic mass is 10.1. The number of hydrogen-bond acceptors (Lipinski definition) is 4. The summed E-state index contributed by atoms with van der Waals surface area (Å²) in [5.41, 5.74) is 8.98. The molecule has 0 bridgehead atoms. The molecule has 0 spiro atoms. The van der Waals surface area contributed by atoms with Gasteiger partial charge in [0, 0.05) is 32.1 Å². The van der Waals surface area contributed by atoms with Gasteiger partial charge in [0.2, 0.25) is 5.91 Å². The fourth-order valence-corrected chi connectivity index (χ4v) is 3.02. The number of carbonyl (C=O) groups is 1. The number of nitrogens with two attached hydrogens (primary N) is 1. The Balaban J connectivity index is 1.44. The molecule has 0 aliphatic rings. The van der Waals surface area contributed by atoms with Crippen molar-refractivity contribution in [2.45, 2.75) is 31.5 Å². The van der Waals surface area contributed by atoms with E-state index < -0.39 is 12.1 Å². The molecule has 0 saturated carbocycles. The summed E-state index contributed by atoms with van der Waals surface area (Å²) in [4.78, 5) is 16.6. The third-order valence-electron chi connectivity index (χ3n) is 4.49. The van der Waals surface area contributed by atoms with Crippen molar-refractivity contribution in [2.24, 2.45) is 5.73 Å². The van der Waals surface area contributed by atoms with Gasteiger partial charge in [-0.05, 0) is 11.1 Å². The first kappa shape index (κ1) is 19.8.